The molecule has 1 atom stereocenters. The van der Waals surface area contributed by atoms with Crippen molar-refractivity contribution in [3.63, 3.8) is 0 Å². The topological polar surface area (TPSA) is 76.8 Å². The highest BCUT2D eigenvalue weighted by molar-refractivity contribution is 7.91. The number of carbonyl (C=O) groups excluding carboxylic acids is 1. The van der Waals surface area contributed by atoms with Crippen molar-refractivity contribution < 1.29 is 26.8 Å². The van der Waals surface area contributed by atoms with Gasteiger partial charge in [-0.25, -0.2) is 12.8 Å². The summed E-state index contributed by atoms with van der Waals surface area (Å²) in [5.74, 6) is -1.02. The van der Waals surface area contributed by atoms with Gasteiger partial charge >= 0.3 is 0 Å². The van der Waals surface area contributed by atoms with Crippen molar-refractivity contribution >= 4 is 27.3 Å². The summed E-state index contributed by atoms with van der Waals surface area (Å²) in [7, 11) is -3.95. The van der Waals surface area contributed by atoms with E-state index in [0.717, 1.165) is 12.8 Å². The SMILES string of the molecule is O=C(c1ccc(S(=O)(=O)c2ccc(Cl)cc2)o1)N(Cc1cccc(F)c1)CC1CCCO1. The predicted molar refractivity (Wildman–Crippen MR) is 116 cm³/mol. The van der Waals surface area contributed by atoms with E-state index >= 15 is 0 Å². The molecule has 1 unspecified atom stereocenters. The summed E-state index contributed by atoms with van der Waals surface area (Å²) in [6, 6.07) is 14.2. The third-order valence-electron chi connectivity index (χ3n) is 5.18. The van der Waals surface area contributed by atoms with Gasteiger partial charge < -0.3 is 14.1 Å². The molecule has 0 radical (unpaired) electrons. The van der Waals surface area contributed by atoms with Gasteiger partial charge in [-0.3, -0.25) is 4.79 Å². The van der Waals surface area contributed by atoms with Crippen LogP contribution in [0.25, 0.3) is 0 Å². The summed E-state index contributed by atoms with van der Waals surface area (Å²) in [6.07, 6.45) is 1.57. The number of ether oxygens (including phenoxy) is 1. The Morgan fingerprint density at radius 1 is 1.12 bits per heavy atom. The molecule has 2 aromatic carbocycles. The molecule has 2 heterocycles. The van der Waals surface area contributed by atoms with Crippen LogP contribution >= 0.6 is 11.6 Å². The molecular weight excluding hydrogens is 457 g/mol. The molecular formula is C23H21ClFNO5S. The van der Waals surface area contributed by atoms with E-state index in [1.54, 1.807) is 12.1 Å². The molecule has 168 valence electrons. The standard InChI is InChI=1S/C23H21ClFNO5S/c24-17-6-8-20(9-7-17)32(28,29)22-11-10-21(31-22)23(27)26(15-19-5-2-12-30-19)14-16-3-1-4-18(25)13-16/h1,3-4,6-11,13,19H,2,5,12,14-15H2. The van der Waals surface area contributed by atoms with Gasteiger partial charge in [0.25, 0.3) is 5.91 Å². The first-order valence-corrected chi connectivity index (χ1v) is 11.9. The number of halogens is 2. The molecule has 0 saturated carbocycles. The van der Waals surface area contributed by atoms with Gasteiger partial charge in [-0.05, 0) is 66.9 Å². The number of sulfone groups is 1. The van der Waals surface area contributed by atoms with E-state index in [9.17, 15) is 17.6 Å². The summed E-state index contributed by atoms with van der Waals surface area (Å²) in [5, 5.41) is 0.0624. The van der Waals surface area contributed by atoms with Crippen LogP contribution in [0.1, 0.15) is 29.0 Å². The lowest BCUT2D eigenvalue weighted by Gasteiger charge is -2.24. The molecule has 1 saturated heterocycles. The first kappa shape index (κ1) is 22.5. The number of rotatable bonds is 7. The zero-order chi connectivity index (χ0) is 22.7. The van der Waals surface area contributed by atoms with Crippen LogP contribution in [0, 0.1) is 5.82 Å². The van der Waals surface area contributed by atoms with Crippen LogP contribution in [-0.4, -0.2) is 38.5 Å². The minimum Gasteiger partial charge on any atom is -0.439 e. The number of amides is 1. The second-order valence-corrected chi connectivity index (χ2v) is 9.84. The maximum Gasteiger partial charge on any atom is 0.290 e. The minimum atomic E-state index is -3.95. The normalized spacial score (nSPS) is 16.2. The average Bonchev–Trinajstić information content (AvgIpc) is 3.46. The Labute approximate surface area is 190 Å². The highest BCUT2D eigenvalue weighted by Gasteiger charge is 2.28. The van der Waals surface area contributed by atoms with Crippen molar-refractivity contribution in [1.29, 1.82) is 0 Å². The smallest absolute Gasteiger partial charge is 0.290 e. The molecule has 4 rings (SSSR count). The Bertz CT molecular complexity index is 1200. The number of nitrogens with zero attached hydrogens (tertiary/aromatic N) is 1. The lowest BCUT2D eigenvalue weighted by Crippen LogP contribution is -2.36. The average molecular weight is 478 g/mol. The fourth-order valence-corrected chi connectivity index (χ4v) is 4.87. The molecule has 9 heteroatoms. The fourth-order valence-electron chi connectivity index (χ4n) is 3.57. The van der Waals surface area contributed by atoms with Crippen LogP contribution in [0.15, 0.2) is 75.1 Å². The van der Waals surface area contributed by atoms with Gasteiger partial charge in [0.1, 0.15) is 5.82 Å². The molecule has 1 fully saturated rings. The van der Waals surface area contributed by atoms with Crippen molar-refractivity contribution in [1.82, 2.24) is 4.90 Å². The Morgan fingerprint density at radius 3 is 2.59 bits per heavy atom. The van der Waals surface area contributed by atoms with Gasteiger partial charge in [0.05, 0.1) is 11.0 Å². The maximum atomic E-state index is 13.6. The van der Waals surface area contributed by atoms with Crippen LogP contribution < -0.4 is 0 Å². The van der Waals surface area contributed by atoms with Crippen molar-refractivity contribution in [2.75, 3.05) is 13.2 Å². The van der Waals surface area contributed by atoms with E-state index in [0.29, 0.717) is 17.2 Å². The number of benzene rings is 2. The fraction of sp³-hybridized carbons (Fsp3) is 0.261. The first-order chi connectivity index (χ1) is 15.3. The maximum absolute atomic E-state index is 13.6. The predicted octanol–water partition coefficient (Wildman–Crippen LogP) is 4.73. The lowest BCUT2D eigenvalue weighted by molar-refractivity contribution is 0.0479. The number of hydrogen-bond donors (Lipinski definition) is 0. The molecule has 3 aromatic rings. The Balaban J connectivity index is 1.59. The van der Waals surface area contributed by atoms with Crippen LogP contribution in [0.4, 0.5) is 4.39 Å². The number of carbonyl (C=O) groups is 1. The molecule has 0 aliphatic carbocycles. The molecule has 32 heavy (non-hydrogen) atoms. The van der Waals surface area contributed by atoms with Crippen LogP contribution in [0.3, 0.4) is 0 Å². The third-order valence-corrected chi connectivity index (χ3v) is 7.07. The van der Waals surface area contributed by atoms with E-state index in [2.05, 4.69) is 0 Å². The van der Waals surface area contributed by atoms with Gasteiger partial charge in [-0.1, -0.05) is 23.7 Å². The largest absolute Gasteiger partial charge is 0.439 e. The summed E-state index contributed by atoms with van der Waals surface area (Å²) >= 11 is 5.83. The van der Waals surface area contributed by atoms with Gasteiger partial charge in [-0.2, -0.15) is 0 Å². The van der Waals surface area contributed by atoms with E-state index in [-0.39, 0.29) is 34.9 Å². The van der Waals surface area contributed by atoms with E-state index in [1.165, 1.54) is 53.4 Å². The van der Waals surface area contributed by atoms with Crippen molar-refractivity contribution in [2.45, 2.75) is 35.5 Å². The van der Waals surface area contributed by atoms with Crippen molar-refractivity contribution in [3.8, 4) is 0 Å². The third kappa shape index (κ3) is 5.03. The molecule has 1 aliphatic heterocycles. The first-order valence-electron chi connectivity index (χ1n) is 10.1. The van der Waals surface area contributed by atoms with Gasteiger partial charge in [-0.15, -0.1) is 0 Å². The lowest BCUT2D eigenvalue weighted by atomic mass is 10.1. The summed E-state index contributed by atoms with van der Waals surface area (Å²) in [6.45, 7) is 1.04. The molecule has 0 bridgehead atoms. The monoisotopic (exact) mass is 477 g/mol. The molecule has 1 aromatic heterocycles. The van der Waals surface area contributed by atoms with Crippen LogP contribution in [0.2, 0.25) is 5.02 Å². The number of furan rings is 1. The second kappa shape index (κ2) is 9.44. The summed E-state index contributed by atoms with van der Waals surface area (Å²) in [4.78, 5) is 14.7. The molecule has 1 aliphatic rings. The van der Waals surface area contributed by atoms with Crippen molar-refractivity contribution in [2.24, 2.45) is 0 Å². The Hall–Kier alpha value is -2.68. The number of hydrogen-bond acceptors (Lipinski definition) is 5. The minimum absolute atomic E-state index is 0.00576. The van der Waals surface area contributed by atoms with Crippen molar-refractivity contribution in [3.05, 3.63) is 82.8 Å². The van der Waals surface area contributed by atoms with E-state index < -0.39 is 21.6 Å². The molecule has 6 nitrogen and oxygen atoms in total. The zero-order valence-electron chi connectivity index (χ0n) is 17.0. The van der Waals surface area contributed by atoms with E-state index in [4.69, 9.17) is 20.8 Å². The molecule has 0 spiro atoms. The summed E-state index contributed by atoms with van der Waals surface area (Å²) < 4.78 is 50.4. The van der Waals surface area contributed by atoms with Crippen LogP contribution in [-0.2, 0) is 21.1 Å². The molecule has 0 N–H and O–H groups in total. The van der Waals surface area contributed by atoms with Crippen LogP contribution in [0.5, 0.6) is 0 Å². The van der Waals surface area contributed by atoms with Gasteiger partial charge in [0.2, 0.25) is 14.9 Å². The van der Waals surface area contributed by atoms with Gasteiger partial charge in [0.15, 0.2) is 5.76 Å². The summed E-state index contributed by atoms with van der Waals surface area (Å²) in [5.41, 5.74) is 0.608. The van der Waals surface area contributed by atoms with Gasteiger partial charge in [0, 0.05) is 24.7 Å². The van der Waals surface area contributed by atoms with E-state index in [1.807, 2.05) is 0 Å². The molecule has 1 amide bonds. The Morgan fingerprint density at radius 2 is 1.91 bits per heavy atom. The highest BCUT2D eigenvalue weighted by Crippen LogP contribution is 2.25. The second-order valence-electron chi connectivity index (χ2n) is 7.53. The zero-order valence-corrected chi connectivity index (χ0v) is 18.6. The Kier molecular flexibility index (Phi) is 6.64. The highest BCUT2D eigenvalue weighted by atomic mass is 35.5. The quantitative estimate of drug-likeness (QED) is 0.492.